The first kappa shape index (κ1) is 22.5. The number of nitrogen functional groups attached to an aromatic ring is 1. The number of hydrogen-bond donors (Lipinski definition) is 2. The van der Waals surface area contributed by atoms with E-state index in [2.05, 4.69) is 10.1 Å². The molecule has 0 radical (unpaired) electrons. The van der Waals surface area contributed by atoms with Gasteiger partial charge in [0.2, 0.25) is 0 Å². The molecule has 3 N–H and O–H groups in total. The monoisotopic (exact) mass is 470 g/mol. The minimum absolute atomic E-state index is 0.116. The number of rotatable bonds is 6. The molecule has 0 amide bonds. The van der Waals surface area contributed by atoms with Gasteiger partial charge in [-0.2, -0.15) is 9.61 Å². The molecule has 1 aliphatic heterocycles. The van der Waals surface area contributed by atoms with Gasteiger partial charge < -0.3 is 15.7 Å². The number of ketones is 1. The Kier molecular flexibility index (Phi) is 5.90. The Labute approximate surface area is 202 Å². The van der Waals surface area contributed by atoms with Crippen molar-refractivity contribution in [1.82, 2.24) is 19.6 Å². The Balaban J connectivity index is 1.53. The first-order valence-corrected chi connectivity index (χ1v) is 11.6. The van der Waals surface area contributed by atoms with Gasteiger partial charge in [-0.25, -0.2) is 4.98 Å². The van der Waals surface area contributed by atoms with Crippen molar-refractivity contribution in [3.63, 3.8) is 0 Å². The summed E-state index contributed by atoms with van der Waals surface area (Å²) >= 11 is 0. The lowest BCUT2D eigenvalue weighted by Gasteiger charge is -2.33. The predicted octanol–water partition coefficient (Wildman–Crippen LogP) is 3.93. The number of nitrogens with zero attached hydrogens (tertiary/aromatic N) is 5. The normalized spacial score (nSPS) is 14.4. The van der Waals surface area contributed by atoms with Crippen LogP contribution in [0.5, 0.6) is 0 Å². The summed E-state index contributed by atoms with van der Waals surface area (Å²) in [6.45, 7) is 2.69. The van der Waals surface area contributed by atoms with Crippen LogP contribution in [0.4, 0.5) is 11.6 Å². The van der Waals surface area contributed by atoms with Crippen molar-refractivity contribution in [2.75, 3.05) is 23.7 Å². The lowest BCUT2D eigenvalue weighted by atomic mass is 9.93. The highest BCUT2D eigenvalue weighted by Crippen LogP contribution is 2.33. The van der Waals surface area contributed by atoms with Crippen LogP contribution in [0.3, 0.4) is 0 Å². The van der Waals surface area contributed by atoms with Crippen LogP contribution in [0.1, 0.15) is 36.5 Å². The molecular formula is C26H26N6O3. The quantitative estimate of drug-likeness (QED) is 0.406. The molecule has 9 nitrogen and oxygen atoms in total. The third kappa shape index (κ3) is 4.32. The van der Waals surface area contributed by atoms with Crippen LogP contribution in [0, 0.1) is 5.92 Å². The van der Waals surface area contributed by atoms with Gasteiger partial charge in [-0.3, -0.25) is 14.6 Å². The molecule has 0 spiro atoms. The maximum atomic E-state index is 12.6. The summed E-state index contributed by atoms with van der Waals surface area (Å²) in [5.74, 6) is -0.0968. The van der Waals surface area contributed by atoms with Gasteiger partial charge in [0.05, 0.1) is 11.9 Å². The number of pyridine rings is 1. The highest BCUT2D eigenvalue weighted by atomic mass is 16.4. The average Bonchev–Trinajstić information content (AvgIpc) is 3.29. The predicted molar refractivity (Wildman–Crippen MR) is 133 cm³/mol. The summed E-state index contributed by atoms with van der Waals surface area (Å²) in [4.78, 5) is 35.2. The van der Waals surface area contributed by atoms with Crippen LogP contribution < -0.4 is 10.6 Å². The molecular weight excluding hydrogens is 444 g/mol. The van der Waals surface area contributed by atoms with E-state index in [-0.39, 0.29) is 23.9 Å². The van der Waals surface area contributed by atoms with E-state index in [0.717, 1.165) is 22.4 Å². The van der Waals surface area contributed by atoms with E-state index in [4.69, 9.17) is 15.8 Å². The van der Waals surface area contributed by atoms with Crippen LogP contribution in [0.2, 0.25) is 0 Å². The van der Waals surface area contributed by atoms with Crippen LogP contribution in [-0.2, 0) is 4.79 Å². The van der Waals surface area contributed by atoms with Gasteiger partial charge in [-0.05, 0) is 31.7 Å². The number of Topliss-reactive ketones (excluding diaryl/α,β-unsaturated/α-hetero) is 1. The summed E-state index contributed by atoms with van der Waals surface area (Å²) in [7, 11) is 0. The number of carbonyl (C=O) groups excluding carboxylic acids is 1. The lowest BCUT2D eigenvalue weighted by molar-refractivity contribution is -0.138. The van der Waals surface area contributed by atoms with Crippen LogP contribution >= 0.6 is 0 Å². The van der Waals surface area contributed by atoms with Gasteiger partial charge in [0.25, 0.3) is 0 Å². The molecule has 0 bridgehead atoms. The highest BCUT2D eigenvalue weighted by molar-refractivity contribution is 6.04. The molecule has 35 heavy (non-hydrogen) atoms. The fraction of sp³-hybridized carbons (Fsp3) is 0.269. The standard InChI is InChI=1S/C26H26N6O3/c1-16(33)23-24(27)32-25(30-26(23)31-11-9-17(10-12-31)13-22(34)35)20(15-29-32)19-7-8-21(28-14-19)18-5-3-2-4-6-18/h2-8,14-15,17H,9-13,27H2,1H3,(H,34,35). The summed E-state index contributed by atoms with van der Waals surface area (Å²) in [5, 5.41) is 13.5. The number of aromatic nitrogens is 4. The minimum atomic E-state index is -0.785. The SMILES string of the molecule is CC(=O)c1c(N2CCC(CC(=O)O)CC2)nc2c(-c3ccc(-c4ccccc4)nc3)cnn2c1N. The topological polar surface area (TPSA) is 127 Å². The zero-order valence-electron chi connectivity index (χ0n) is 19.4. The van der Waals surface area contributed by atoms with Crippen molar-refractivity contribution < 1.29 is 14.7 Å². The fourth-order valence-corrected chi connectivity index (χ4v) is 4.70. The summed E-state index contributed by atoms with van der Waals surface area (Å²) in [6.07, 6.45) is 5.05. The van der Waals surface area contributed by atoms with Gasteiger partial charge in [0.15, 0.2) is 11.4 Å². The van der Waals surface area contributed by atoms with E-state index in [1.165, 1.54) is 11.4 Å². The van der Waals surface area contributed by atoms with Crippen LogP contribution in [0.15, 0.2) is 54.9 Å². The van der Waals surface area contributed by atoms with E-state index in [1.54, 1.807) is 12.4 Å². The minimum Gasteiger partial charge on any atom is -0.481 e. The molecule has 5 rings (SSSR count). The number of aliphatic carboxylic acids is 1. The van der Waals surface area contributed by atoms with Crippen LogP contribution in [0.25, 0.3) is 28.0 Å². The number of benzene rings is 1. The maximum Gasteiger partial charge on any atom is 0.303 e. The van der Waals surface area contributed by atoms with Crippen molar-refractivity contribution in [2.45, 2.75) is 26.2 Å². The Morgan fingerprint density at radius 1 is 1.06 bits per heavy atom. The Morgan fingerprint density at radius 2 is 1.80 bits per heavy atom. The largest absolute Gasteiger partial charge is 0.481 e. The molecule has 4 aromatic rings. The Morgan fingerprint density at radius 3 is 2.43 bits per heavy atom. The molecule has 1 saturated heterocycles. The van der Waals surface area contributed by atoms with Gasteiger partial charge in [0, 0.05) is 42.4 Å². The number of nitrogens with two attached hydrogens (primary N) is 1. The van der Waals surface area contributed by atoms with Gasteiger partial charge in [0.1, 0.15) is 17.2 Å². The molecule has 0 saturated carbocycles. The molecule has 0 aliphatic carbocycles. The molecule has 1 aliphatic rings. The smallest absolute Gasteiger partial charge is 0.303 e. The zero-order chi connectivity index (χ0) is 24.5. The third-order valence-corrected chi connectivity index (χ3v) is 6.54. The third-order valence-electron chi connectivity index (χ3n) is 6.54. The molecule has 4 heterocycles. The second kappa shape index (κ2) is 9.17. The number of piperidine rings is 1. The Hall–Kier alpha value is -4.27. The lowest BCUT2D eigenvalue weighted by Crippen LogP contribution is -2.36. The molecule has 0 atom stereocenters. The average molecular weight is 471 g/mol. The Bertz CT molecular complexity index is 1390. The van der Waals surface area contributed by atoms with E-state index in [0.29, 0.717) is 43.0 Å². The number of carbonyl (C=O) groups is 2. The zero-order valence-corrected chi connectivity index (χ0v) is 19.4. The number of carboxylic acids is 1. The van der Waals surface area contributed by atoms with Crippen LogP contribution in [-0.4, -0.2) is 49.5 Å². The number of carboxylic acid groups (broad SMARTS) is 1. The highest BCUT2D eigenvalue weighted by Gasteiger charge is 2.28. The summed E-state index contributed by atoms with van der Waals surface area (Å²) in [5.41, 5.74) is 10.8. The summed E-state index contributed by atoms with van der Waals surface area (Å²) < 4.78 is 1.50. The second-order valence-electron chi connectivity index (χ2n) is 8.87. The number of hydrogen-bond acceptors (Lipinski definition) is 7. The fourth-order valence-electron chi connectivity index (χ4n) is 4.70. The molecule has 1 aromatic carbocycles. The summed E-state index contributed by atoms with van der Waals surface area (Å²) in [6, 6.07) is 13.9. The van der Waals surface area contributed by atoms with Crippen molar-refractivity contribution in [3.8, 4) is 22.4 Å². The second-order valence-corrected chi connectivity index (χ2v) is 8.87. The van der Waals surface area contributed by atoms with Crippen molar-refractivity contribution >= 4 is 29.0 Å². The number of fused-ring (bicyclic) bond motifs is 1. The van der Waals surface area contributed by atoms with E-state index in [1.807, 2.05) is 47.4 Å². The molecule has 9 heteroatoms. The van der Waals surface area contributed by atoms with Gasteiger partial charge >= 0.3 is 5.97 Å². The molecule has 1 fully saturated rings. The van der Waals surface area contributed by atoms with Crippen molar-refractivity contribution in [1.29, 1.82) is 0 Å². The van der Waals surface area contributed by atoms with Crippen molar-refractivity contribution in [2.24, 2.45) is 5.92 Å². The molecule has 0 unspecified atom stereocenters. The van der Waals surface area contributed by atoms with E-state index < -0.39 is 5.97 Å². The first-order valence-electron chi connectivity index (χ1n) is 11.6. The number of anilines is 2. The van der Waals surface area contributed by atoms with E-state index >= 15 is 0 Å². The van der Waals surface area contributed by atoms with E-state index in [9.17, 15) is 9.59 Å². The molecule has 178 valence electrons. The molecule has 3 aromatic heterocycles. The van der Waals surface area contributed by atoms with Crippen molar-refractivity contribution in [3.05, 3.63) is 60.4 Å². The van der Waals surface area contributed by atoms with Gasteiger partial charge in [-0.1, -0.05) is 36.4 Å². The first-order chi connectivity index (χ1) is 16.9. The van der Waals surface area contributed by atoms with Gasteiger partial charge in [-0.15, -0.1) is 0 Å². The maximum absolute atomic E-state index is 12.6.